The SMILES string of the molecule is CC[C@H](CN1CC[C@@H](CN(Cc2ccc(Cl)c(Cl)c2)C(C)=O)N[C@@H](CCN2CCCCC2)C1=O)c1ccccc1. The molecule has 2 saturated heterocycles. The fraction of sp³-hybridized carbons (Fsp3) is 0.562. The molecule has 2 aliphatic heterocycles. The summed E-state index contributed by atoms with van der Waals surface area (Å²) in [5.41, 5.74) is 2.21. The van der Waals surface area contributed by atoms with Crippen LogP contribution in [0, 0.1) is 0 Å². The van der Waals surface area contributed by atoms with E-state index in [0.29, 0.717) is 42.1 Å². The number of carbonyl (C=O) groups excluding carboxylic acids is 2. The van der Waals surface area contributed by atoms with E-state index in [1.807, 2.05) is 23.1 Å². The molecule has 2 aliphatic rings. The van der Waals surface area contributed by atoms with Crippen LogP contribution in [0.5, 0.6) is 0 Å². The summed E-state index contributed by atoms with van der Waals surface area (Å²) in [6.45, 7) is 9.32. The number of nitrogens with zero attached hydrogens (tertiary/aromatic N) is 3. The highest BCUT2D eigenvalue weighted by molar-refractivity contribution is 6.42. The minimum Gasteiger partial charge on any atom is -0.341 e. The third-order valence-corrected chi connectivity index (χ3v) is 9.16. The fourth-order valence-corrected chi connectivity index (χ4v) is 6.32. The summed E-state index contributed by atoms with van der Waals surface area (Å²) < 4.78 is 0. The monoisotopic (exact) mass is 586 g/mol. The number of rotatable bonds is 11. The predicted molar refractivity (Wildman–Crippen MR) is 164 cm³/mol. The number of carbonyl (C=O) groups is 2. The van der Waals surface area contributed by atoms with Crippen molar-refractivity contribution in [3.63, 3.8) is 0 Å². The zero-order chi connectivity index (χ0) is 28.5. The number of hydrogen-bond donors (Lipinski definition) is 1. The number of amides is 2. The van der Waals surface area contributed by atoms with Gasteiger partial charge in [0.1, 0.15) is 0 Å². The molecule has 0 bridgehead atoms. The minimum atomic E-state index is -0.263. The first-order valence-electron chi connectivity index (χ1n) is 14.9. The number of piperidine rings is 1. The summed E-state index contributed by atoms with van der Waals surface area (Å²) in [5.74, 6) is 0.487. The molecule has 2 aromatic rings. The lowest BCUT2D eigenvalue weighted by Crippen LogP contribution is -2.50. The number of halogens is 2. The molecule has 0 saturated carbocycles. The fourth-order valence-electron chi connectivity index (χ4n) is 6.00. The average molecular weight is 588 g/mol. The van der Waals surface area contributed by atoms with Crippen molar-refractivity contribution in [1.29, 1.82) is 0 Å². The molecule has 0 radical (unpaired) electrons. The highest BCUT2D eigenvalue weighted by Gasteiger charge is 2.33. The first-order valence-corrected chi connectivity index (χ1v) is 15.6. The first kappa shape index (κ1) is 30.8. The molecule has 0 aliphatic carbocycles. The van der Waals surface area contributed by atoms with Crippen molar-refractivity contribution < 1.29 is 9.59 Å². The van der Waals surface area contributed by atoms with E-state index in [9.17, 15) is 9.59 Å². The van der Waals surface area contributed by atoms with Crippen molar-refractivity contribution in [2.24, 2.45) is 0 Å². The second-order valence-corrected chi connectivity index (χ2v) is 12.2. The Morgan fingerprint density at radius 2 is 1.80 bits per heavy atom. The van der Waals surface area contributed by atoms with Gasteiger partial charge in [-0.1, -0.05) is 72.9 Å². The van der Waals surface area contributed by atoms with Crippen molar-refractivity contribution >= 4 is 35.0 Å². The highest BCUT2D eigenvalue weighted by Crippen LogP contribution is 2.25. The zero-order valence-corrected chi connectivity index (χ0v) is 25.5. The third kappa shape index (κ3) is 8.69. The van der Waals surface area contributed by atoms with E-state index in [2.05, 4.69) is 46.3 Å². The Morgan fingerprint density at radius 1 is 1.05 bits per heavy atom. The number of benzene rings is 2. The second-order valence-electron chi connectivity index (χ2n) is 11.3. The van der Waals surface area contributed by atoms with Gasteiger partial charge in [0.25, 0.3) is 0 Å². The maximum atomic E-state index is 14.0. The Bertz CT molecular complexity index is 1110. The molecule has 218 valence electrons. The van der Waals surface area contributed by atoms with Crippen LogP contribution in [0.4, 0.5) is 0 Å². The molecule has 0 aromatic heterocycles. The Morgan fingerprint density at radius 3 is 2.48 bits per heavy atom. The van der Waals surface area contributed by atoms with E-state index >= 15 is 0 Å². The maximum Gasteiger partial charge on any atom is 0.239 e. The zero-order valence-electron chi connectivity index (χ0n) is 24.0. The normalized spacial score (nSPS) is 21.2. The molecular formula is C32H44Cl2N4O2. The van der Waals surface area contributed by atoms with E-state index in [4.69, 9.17) is 23.2 Å². The molecule has 0 spiro atoms. The lowest BCUT2D eigenvalue weighted by Gasteiger charge is -2.31. The molecule has 40 heavy (non-hydrogen) atoms. The molecule has 2 heterocycles. The van der Waals surface area contributed by atoms with Gasteiger partial charge in [-0.05, 0) is 68.5 Å². The third-order valence-electron chi connectivity index (χ3n) is 8.42. The quantitative estimate of drug-likeness (QED) is 0.352. The van der Waals surface area contributed by atoms with E-state index in [1.54, 1.807) is 13.0 Å². The van der Waals surface area contributed by atoms with Crippen LogP contribution in [0.2, 0.25) is 10.0 Å². The Balaban J connectivity index is 1.49. The Labute approximate surface area is 250 Å². The lowest BCUT2D eigenvalue weighted by molar-refractivity contribution is -0.133. The van der Waals surface area contributed by atoms with Gasteiger partial charge in [-0.2, -0.15) is 0 Å². The molecular weight excluding hydrogens is 543 g/mol. The first-order chi connectivity index (χ1) is 19.3. The topological polar surface area (TPSA) is 55.9 Å². The summed E-state index contributed by atoms with van der Waals surface area (Å²) >= 11 is 12.3. The smallest absolute Gasteiger partial charge is 0.239 e. The molecule has 1 N–H and O–H groups in total. The van der Waals surface area contributed by atoms with E-state index in [0.717, 1.165) is 44.5 Å². The number of hydrogen-bond acceptors (Lipinski definition) is 4. The van der Waals surface area contributed by atoms with Crippen LogP contribution in [0.3, 0.4) is 0 Å². The van der Waals surface area contributed by atoms with Crippen LogP contribution in [0.25, 0.3) is 0 Å². The summed E-state index contributed by atoms with van der Waals surface area (Å²) in [5, 5.41) is 4.68. The highest BCUT2D eigenvalue weighted by atomic mass is 35.5. The van der Waals surface area contributed by atoms with Crippen molar-refractivity contribution in [3.8, 4) is 0 Å². The molecule has 8 heteroatoms. The minimum absolute atomic E-state index is 0.000272. The molecule has 0 unspecified atom stereocenters. The van der Waals surface area contributed by atoms with Crippen LogP contribution < -0.4 is 5.32 Å². The van der Waals surface area contributed by atoms with Crippen molar-refractivity contribution in [3.05, 3.63) is 69.7 Å². The largest absolute Gasteiger partial charge is 0.341 e. The van der Waals surface area contributed by atoms with E-state index < -0.39 is 0 Å². The van der Waals surface area contributed by atoms with Gasteiger partial charge in [0, 0.05) is 51.6 Å². The number of nitrogens with one attached hydrogen (secondary N) is 1. The predicted octanol–water partition coefficient (Wildman–Crippen LogP) is 5.97. The molecule has 4 rings (SSSR count). The average Bonchev–Trinajstić information content (AvgIpc) is 3.11. The van der Waals surface area contributed by atoms with E-state index in [1.165, 1.54) is 24.8 Å². The standard InChI is InChI=1S/C32H44Cl2N4O2/c1-3-26(27-10-6-4-7-11-27)22-37-19-14-28(35-31(32(37)40)15-18-36-16-8-5-9-17-36)23-38(24(2)39)21-25-12-13-29(33)30(34)20-25/h4,6-7,10-13,20,26,28,31,35H,3,5,8-9,14-19,21-23H2,1-2H3/t26-,28+,31+/m1/s1. The van der Waals surface area contributed by atoms with Gasteiger partial charge >= 0.3 is 0 Å². The van der Waals surface area contributed by atoms with Gasteiger partial charge in [0.15, 0.2) is 0 Å². The summed E-state index contributed by atoms with van der Waals surface area (Å²) in [7, 11) is 0. The van der Waals surface area contributed by atoms with Gasteiger partial charge in [0.05, 0.1) is 16.1 Å². The van der Waals surface area contributed by atoms with Crippen LogP contribution in [0.15, 0.2) is 48.5 Å². The molecule has 6 nitrogen and oxygen atoms in total. The lowest BCUT2D eigenvalue weighted by atomic mass is 9.95. The van der Waals surface area contributed by atoms with E-state index in [-0.39, 0.29) is 23.9 Å². The Kier molecular flexibility index (Phi) is 11.7. The summed E-state index contributed by atoms with van der Waals surface area (Å²) in [4.78, 5) is 33.1. The van der Waals surface area contributed by atoms with Crippen LogP contribution in [-0.2, 0) is 16.1 Å². The van der Waals surface area contributed by atoms with Gasteiger partial charge < -0.3 is 20.0 Å². The number of likely N-dealkylation sites (tertiary alicyclic amines) is 1. The van der Waals surface area contributed by atoms with Crippen molar-refractivity contribution in [2.45, 2.75) is 76.9 Å². The summed E-state index contributed by atoms with van der Waals surface area (Å²) in [6.07, 6.45) is 6.31. The van der Waals surface area contributed by atoms with Gasteiger partial charge in [-0.25, -0.2) is 0 Å². The van der Waals surface area contributed by atoms with Crippen molar-refractivity contribution in [1.82, 2.24) is 20.0 Å². The molecule has 2 fully saturated rings. The van der Waals surface area contributed by atoms with Gasteiger partial charge in [-0.15, -0.1) is 0 Å². The second kappa shape index (κ2) is 15.2. The van der Waals surface area contributed by atoms with Gasteiger partial charge in [0.2, 0.25) is 11.8 Å². The maximum absolute atomic E-state index is 14.0. The van der Waals surface area contributed by atoms with Gasteiger partial charge in [-0.3, -0.25) is 9.59 Å². The van der Waals surface area contributed by atoms with Crippen LogP contribution in [-0.4, -0.2) is 77.9 Å². The summed E-state index contributed by atoms with van der Waals surface area (Å²) in [6, 6.07) is 15.8. The molecule has 2 amide bonds. The van der Waals surface area contributed by atoms with Crippen LogP contribution >= 0.6 is 23.2 Å². The Hall–Kier alpha value is -2.12. The molecule has 3 atom stereocenters. The molecule has 2 aromatic carbocycles. The van der Waals surface area contributed by atoms with Crippen molar-refractivity contribution in [2.75, 3.05) is 39.3 Å². The van der Waals surface area contributed by atoms with Crippen LogP contribution in [0.1, 0.15) is 69.4 Å².